The number of thiocarbonyl (C=S) groups is 1. The maximum Gasteiger partial charge on any atom is 0.279 e. The monoisotopic (exact) mass is 323 g/mol. The molecule has 0 spiro atoms. The lowest BCUT2D eigenvalue weighted by molar-refractivity contribution is -0.127. The lowest BCUT2D eigenvalue weighted by Crippen LogP contribution is -2.50. The van der Waals surface area contributed by atoms with Crippen LogP contribution in [0.25, 0.3) is 0 Å². The van der Waals surface area contributed by atoms with Crippen LogP contribution in [-0.4, -0.2) is 29.8 Å². The van der Waals surface area contributed by atoms with E-state index in [-0.39, 0.29) is 5.91 Å². The lowest BCUT2D eigenvalue weighted by atomic mass is 10.3. The van der Waals surface area contributed by atoms with Crippen molar-refractivity contribution < 1.29 is 14.3 Å². The van der Waals surface area contributed by atoms with Crippen molar-refractivity contribution >= 4 is 23.2 Å². The smallest absolute Gasteiger partial charge is 0.279 e. The second-order valence-electron chi connectivity index (χ2n) is 5.03. The fourth-order valence-electron chi connectivity index (χ4n) is 1.71. The van der Waals surface area contributed by atoms with E-state index >= 15 is 0 Å². The molecule has 22 heavy (non-hydrogen) atoms. The molecule has 1 saturated carbocycles. The molecule has 1 fully saturated rings. The van der Waals surface area contributed by atoms with E-state index in [0.29, 0.717) is 23.5 Å². The summed E-state index contributed by atoms with van der Waals surface area (Å²) in [6, 6.07) is 7.57. The summed E-state index contributed by atoms with van der Waals surface area (Å²) in [5.74, 6) is 1.07. The molecule has 7 heteroatoms. The van der Waals surface area contributed by atoms with Crippen molar-refractivity contribution in [2.75, 3.05) is 6.61 Å². The van der Waals surface area contributed by atoms with E-state index in [4.69, 9.17) is 21.7 Å². The fraction of sp³-hybridized carbons (Fsp3) is 0.467. The van der Waals surface area contributed by atoms with Crippen molar-refractivity contribution in [2.45, 2.75) is 38.8 Å². The minimum absolute atomic E-state index is 0.297. The Balaban J connectivity index is 1.73. The second kappa shape index (κ2) is 7.84. The molecule has 120 valence electrons. The van der Waals surface area contributed by atoms with Gasteiger partial charge in [0.15, 0.2) is 11.2 Å². The standard InChI is InChI=1S/C15H21N3O3S/c1-3-20-12-6-8-13(9-7-12)21-10(2)14(19)17-18-15(22)16-11-4-5-11/h6-11H,3-5H2,1-2H3,(H,17,19)(H2,16,18,22)/t10-/m1/s1. The topological polar surface area (TPSA) is 71.6 Å². The van der Waals surface area contributed by atoms with Gasteiger partial charge in [-0.15, -0.1) is 0 Å². The van der Waals surface area contributed by atoms with E-state index in [9.17, 15) is 4.79 Å². The van der Waals surface area contributed by atoms with Crippen LogP contribution in [0.15, 0.2) is 24.3 Å². The van der Waals surface area contributed by atoms with Crippen LogP contribution in [0.2, 0.25) is 0 Å². The average Bonchev–Trinajstić information content (AvgIpc) is 3.31. The number of hydrogen-bond donors (Lipinski definition) is 3. The van der Waals surface area contributed by atoms with Crippen LogP contribution in [0, 0.1) is 0 Å². The third-order valence-corrected chi connectivity index (χ3v) is 3.25. The van der Waals surface area contributed by atoms with Gasteiger partial charge in [0.1, 0.15) is 11.5 Å². The van der Waals surface area contributed by atoms with Gasteiger partial charge in [0.2, 0.25) is 0 Å². The van der Waals surface area contributed by atoms with E-state index in [1.165, 1.54) is 0 Å². The van der Waals surface area contributed by atoms with Gasteiger partial charge in [0, 0.05) is 6.04 Å². The van der Waals surface area contributed by atoms with E-state index in [0.717, 1.165) is 18.6 Å². The van der Waals surface area contributed by atoms with Gasteiger partial charge in [-0.25, -0.2) is 0 Å². The Morgan fingerprint density at radius 3 is 2.50 bits per heavy atom. The maximum absolute atomic E-state index is 11.9. The molecular formula is C15H21N3O3S. The molecule has 1 atom stereocenters. The van der Waals surface area contributed by atoms with Crippen molar-refractivity contribution in [1.82, 2.24) is 16.2 Å². The summed E-state index contributed by atoms with van der Waals surface area (Å²) in [6.45, 7) is 4.21. The Bertz CT molecular complexity index is 517. The number of amides is 1. The summed E-state index contributed by atoms with van der Waals surface area (Å²) < 4.78 is 10.9. The minimum Gasteiger partial charge on any atom is -0.494 e. The zero-order valence-electron chi connectivity index (χ0n) is 12.7. The number of carbonyl (C=O) groups is 1. The first-order chi connectivity index (χ1) is 10.6. The molecule has 0 aliphatic heterocycles. The molecule has 1 amide bonds. The number of ether oxygens (including phenoxy) is 2. The van der Waals surface area contributed by atoms with Gasteiger partial charge in [-0.2, -0.15) is 0 Å². The van der Waals surface area contributed by atoms with E-state index in [1.807, 2.05) is 6.92 Å². The third kappa shape index (κ3) is 5.40. The highest BCUT2D eigenvalue weighted by atomic mass is 32.1. The predicted molar refractivity (Wildman–Crippen MR) is 87.7 cm³/mol. The molecule has 0 saturated heterocycles. The summed E-state index contributed by atoms with van der Waals surface area (Å²) in [6.07, 6.45) is 1.59. The van der Waals surface area contributed by atoms with Gasteiger partial charge < -0.3 is 14.8 Å². The molecule has 1 aromatic rings. The quantitative estimate of drug-likeness (QED) is 0.544. The van der Waals surface area contributed by atoms with E-state index in [2.05, 4.69) is 16.2 Å². The highest BCUT2D eigenvalue weighted by molar-refractivity contribution is 7.80. The molecule has 1 aliphatic rings. The first kappa shape index (κ1) is 16.4. The molecule has 1 aliphatic carbocycles. The number of hydrogen-bond acceptors (Lipinski definition) is 4. The Morgan fingerprint density at radius 1 is 1.27 bits per heavy atom. The molecular weight excluding hydrogens is 302 g/mol. The largest absolute Gasteiger partial charge is 0.494 e. The molecule has 1 aromatic carbocycles. The summed E-state index contributed by atoms with van der Waals surface area (Å²) >= 11 is 5.05. The highest BCUT2D eigenvalue weighted by Gasteiger charge is 2.22. The number of hydrazine groups is 1. The van der Waals surface area contributed by atoms with Gasteiger partial charge >= 0.3 is 0 Å². The second-order valence-corrected chi connectivity index (χ2v) is 5.43. The van der Waals surface area contributed by atoms with Crippen molar-refractivity contribution in [2.24, 2.45) is 0 Å². The molecule has 0 aromatic heterocycles. The predicted octanol–water partition coefficient (Wildman–Crippen LogP) is 1.51. The van der Waals surface area contributed by atoms with E-state index in [1.54, 1.807) is 31.2 Å². The van der Waals surface area contributed by atoms with Gasteiger partial charge in [0.25, 0.3) is 5.91 Å². The number of rotatable bonds is 6. The molecule has 0 unspecified atom stereocenters. The third-order valence-electron chi connectivity index (χ3n) is 3.03. The molecule has 3 N–H and O–H groups in total. The van der Waals surface area contributed by atoms with Crippen LogP contribution in [0.1, 0.15) is 26.7 Å². The Labute approximate surface area is 135 Å². The molecule has 0 radical (unpaired) electrons. The average molecular weight is 323 g/mol. The fourth-order valence-corrected chi connectivity index (χ4v) is 1.93. The molecule has 0 bridgehead atoms. The van der Waals surface area contributed by atoms with Gasteiger partial charge in [-0.3, -0.25) is 15.6 Å². The summed E-state index contributed by atoms with van der Waals surface area (Å²) in [7, 11) is 0. The highest BCUT2D eigenvalue weighted by Crippen LogP contribution is 2.19. The SMILES string of the molecule is CCOc1ccc(O[C@H](C)C(=O)NNC(=S)NC2CC2)cc1. The first-order valence-electron chi connectivity index (χ1n) is 7.34. The van der Waals surface area contributed by atoms with Crippen LogP contribution in [0.5, 0.6) is 11.5 Å². The van der Waals surface area contributed by atoms with Crippen LogP contribution in [-0.2, 0) is 4.79 Å². The van der Waals surface area contributed by atoms with Crippen LogP contribution in [0.3, 0.4) is 0 Å². The molecule has 2 rings (SSSR count). The maximum atomic E-state index is 11.9. The van der Waals surface area contributed by atoms with Crippen molar-refractivity contribution in [3.63, 3.8) is 0 Å². The van der Waals surface area contributed by atoms with Crippen molar-refractivity contribution in [1.29, 1.82) is 0 Å². The Kier molecular flexibility index (Phi) is 5.83. The number of benzene rings is 1. The van der Waals surface area contributed by atoms with Gasteiger partial charge in [-0.05, 0) is 63.2 Å². The van der Waals surface area contributed by atoms with Crippen LogP contribution in [0.4, 0.5) is 0 Å². The van der Waals surface area contributed by atoms with Crippen LogP contribution >= 0.6 is 12.2 Å². The van der Waals surface area contributed by atoms with Crippen LogP contribution < -0.4 is 25.6 Å². The molecule has 6 nitrogen and oxygen atoms in total. The summed E-state index contributed by atoms with van der Waals surface area (Å²) in [5, 5.41) is 3.49. The summed E-state index contributed by atoms with van der Waals surface area (Å²) in [4.78, 5) is 11.9. The van der Waals surface area contributed by atoms with Crippen molar-refractivity contribution in [3.05, 3.63) is 24.3 Å². The van der Waals surface area contributed by atoms with Gasteiger partial charge in [0.05, 0.1) is 6.61 Å². The Morgan fingerprint density at radius 2 is 1.91 bits per heavy atom. The molecule has 0 heterocycles. The number of nitrogens with one attached hydrogen (secondary N) is 3. The Hall–Kier alpha value is -2.02. The lowest BCUT2D eigenvalue weighted by Gasteiger charge is -2.16. The van der Waals surface area contributed by atoms with Gasteiger partial charge in [-0.1, -0.05) is 0 Å². The minimum atomic E-state index is -0.644. The summed E-state index contributed by atoms with van der Waals surface area (Å²) in [5.41, 5.74) is 5.19. The normalized spacial score (nSPS) is 14.6. The number of carbonyl (C=O) groups excluding carboxylic acids is 1. The zero-order valence-corrected chi connectivity index (χ0v) is 13.5. The van der Waals surface area contributed by atoms with E-state index < -0.39 is 6.10 Å². The zero-order chi connectivity index (χ0) is 15.9. The first-order valence-corrected chi connectivity index (χ1v) is 7.75. The van der Waals surface area contributed by atoms with Crippen molar-refractivity contribution in [3.8, 4) is 11.5 Å².